The maximum Gasteiger partial charge on any atom is 0.185 e. The fourth-order valence-electron chi connectivity index (χ4n) is 2.86. The van der Waals surface area contributed by atoms with Crippen LogP contribution in [0.3, 0.4) is 0 Å². The van der Waals surface area contributed by atoms with Gasteiger partial charge in [0.1, 0.15) is 0 Å². The van der Waals surface area contributed by atoms with Crippen LogP contribution in [-0.2, 0) is 6.54 Å². The molecule has 118 valence electrons. The molecule has 1 atom stereocenters. The summed E-state index contributed by atoms with van der Waals surface area (Å²) in [5.74, 6) is 1.49. The van der Waals surface area contributed by atoms with Gasteiger partial charge in [0, 0.05) is 36.5 Å². The summed E-state index contributed by atoms with van der Waals surface area (Å²) in [4.78, 5) is 8.88. The summed E-state index contributed by atoms with van der Waals surface area (Å²) in [5.41, 5.74) is 1.40. The van der Waals surface area contributed by atoms with Crippen LogP contribution < -0.4 is 10.2 Å². The van der Waals surface area contributed by atoms with E-state index in [1.54, 1.807) is 0 Å². The average Bonchev–Trinajstić information content (AvgIpc) is 3.34. The van der Waals surface area contributed by atoms with E-state index in [1.165, 1.54) is 47.8 Å². The number of hydrogen-bond acceptors (Lipinski definition) is 4. The van der Waals surface area contributed by atoms with Crippen LogP contribution in [-0.4, -0.2) is 24.1 Å². The van der Waals surface area contributed by atoms with Gasteiger partial charge in [-0.3, -0.25) is 0 Å². The number of aromatic nitrogens is 1. The SMILES string of the molecule is CC(C)CC(C)N(C)c1nc(C2CC2)c(CNC2CC2)s1. The summed E-state index contributed by atoms with van der Waals surface area (Å²) in [6, 6.07) is 1.34. The van der Waals surface area contributed by atoms with Gasteiger partial charge in [0.15, 0.2) is 5.13 Å². The lowest BCUT2D eigenvalue weighted by molar-refractivity contribution is 0.503. The van der Waals surface area contributed by atoms with Crippen molar-refractivity contribution < 1.29 is 0 Å². The van der Waals surface area contributed by atoms with Gasteiger partial charge in [0.05, 0.1) is 5.69 Å². The minimum absolute atomic E-state index is 0.562. The Labute approximate surface area is 133 Å². The van der Waals surface area contributed by atoms with E-state index in [9.17, 15) is 0 Å². The van der Waals surface area contributed by atoms with Gasteiger partial charge < -0.3 is 10.2 Å². The van der Waals surface area contributed by atoms with Crippen LogP contribution in [0.1, 0.15) is 69.4 Å². The highest BCUT2D eigenvalue weighted by molar-refractivity contribution is 7.15. The topological polar surface area (TPSA) is 28.2 Å². The number of rotatable bonds is 8. The molecule has 3 rings (SSSR count). The van der Waals surface area contributed by atoms with Crippen molar-refractivity contribution in [2.75, 3.05) is 11.9 Å². The second kappa shape index (κ2) is 6.25. The van der Waals surface area contributed by atoms with Gasteiger partial charge in [-0.15, -0.1) is 11.3 Å². The Morgan fingerprint density at radius 2 is 1.95 bits per heavy atom. The van der Waals surface area contributed by atoms with E-state index in [-0.39, 0.29) is 0 Å². The summed E-state index contributed by atoms with van der Waals surface area (Å²) in [7, 11) is 2.21. The van der Waals surface area contributed by atoms with E-state index in [2.05, 4.69) is 38.0 Å². The molecule has 2 aliphatic rings. The highest BCUT2D eigenvalue weighted by Crippen LogP contribution is 2.44. The molecule has 1 heterocycles. The maximum atomic E-state index is 5.00. The zero-order valence-electron chi connectivity index (χ0n) is 13.9. The molecule has 2 aliphatic carbocycles. The molecule has 0 radical (unpaired) electrons. The Morgan fingerprint density at radius 1 is 1.24 bits per heavy atom. The Morgan fingerprint density at radius 3 is 2.52 bits per heavy atom. The van der Waals surface area contributed by atoms with Crippen LogP contribution >= 0.6 is 11.3 Å². The summed E-state index contributed by atoms with van der Waals surface area (Å²) in [6.07, 6.45) is 6.62. The van der Waals surface area contributed by atoms with Gasteiger partial charge in [-0.25, -0.2) is 4.98 Å². The first kappa shape index (κ1) is 15.3. The van der Waals surface area contributed by atoms with Crippen molar-refractivity contribution in [3.8, 4) is 0 Å². The van der Waals surface area contributed by atoms with Crippen molar-refractivity contribution in [2.24, 2.45) is 5.92 Å². The predicted molar refractivity (Wildman–Crippen MR) is 91.3 cm³/mol. The Bertz CT molecular complexity index is 474. The van der Waals surface area contributed by atoms with Gasteiger partial charge in [0.2, 0.25) is 0 Å². The normalized spacial score (nSPS) is 20.0. The molecule has 0 aromatic carbocycles. The molecule has 2 saturated carbocycles. The zero-order valence-corrected chi connectivity index (χ0v) is 14.7. The number of hydrogen-bond donors (Lipinski definition) is 1. The standard InChI is InChI=1S/C17H29N3S/c1-11(2)9-12(3)20(4)17-19-16(13-5-6-13)15(21-17)10-18-14-7-8-14/h11-14,18H,5-10H2,1-4H3. The molecule has 1 N–H and O–H groups in total. The first-order valence-electron chi connectivity index (χ1n) is 8.50. The third-order valence-electron chi connectivity index (χ3n) is 4.58. The molecule has 0 aliphatic heterocycles. The summed E-state index contributed by atoms with van der Waals surface area (Å²) in [6.45, 7) is 7.94. The monoisotopic (exact) mass is 307 g/mol. The molecular formula is C17H29N3S. The maximum absolute atomic E-state index is 5.00. The molecular weight excluding hydrogens is 278 g/mol. The average molecular weight is 308 g/mol. The minimum atomic E-state index is 0.562. The molecule has 0 saturated heterocycles. The van der Waals surface area contributed by atoms with Gasteiger partial charge in [-0.05, 0) is 44.9 Å². The second-order valence-electron chi connectivity index (χ2n) is 7.32. The molecule has 1 aromatic heterocycles. The van der Waals surface area contributed by atoms with Crippen molar-refractivity contribution in [2.45, 2.75) is 77.4 Å². The van der Waals surface area contributed by atoms with Crippen LogP contribution in [0, 0.1) is 5.92 Å². The largest absolute Gasteiger partial charge is 0.348 e. The predicted octanol–water partition coefficient (Wildman–Crippen LogP) is 4.14. The van der Waals surface area contributed by atoms with Gasteiger partial charge >= 0.3 is 0 Å². The summed E-state index contributed by atoms with van der Waals surface area (Å²) >= 11 is 1.91. The lowest BCUT2D eigenvalue weighted by Gasteiger charge is -2.25. The lowest BCUT2D eigenvalue weighted by atomic mass is 10.0. The van der Waals surface area contributed by atoms with E-state index < -0.39 is 0 Å². The third kappa shape index (κ3) is 3.98. The molecule has 1 aromatic rings. The van der Waals surface area contributed by atoms with E-state index >= 15 is 0 Å². The van der Waals surface area contributed by atoms with E-state index in [4.69, 9.17) is 4.98 Å². The first-order chi connectivity index (χ1) is 10.0. The fourth-order valence-corrected chi connectivity index (χ4v) is 4.02. The van der Waals surface area contributed by atoms with E-state index in [0.29, 0.717) is 6.04 Å². The Balaban J connectivity index is 1.70. The number of anilines is 1. The van der Waals surface area contributed by atoms with Gasteiger partial charge in [-0.1, -0.05) is 13.8 Å². The first-order valence-corrected chi connectivity index (χ1v) is 9.32. The van der Waals surface area contributed by atoms with Gasteiger partial charge in [-0.2, -0.15) is 0 Å². The van der Waals surface area contributed by atoms with E-state index in [1.807, 2.05) is 11.3 Å². The molecule has 0 amide bonds. The zero-order chi connectivity index (χ0) is 15.0. The van der Waals surface area contributed by atoms with Crippen LogP contribution in [0.4, 0.5) is 5.13 Å². The lowest BCUT2D eigenvalue weighted by Crippen LogP contribution is -2.29. The Kier molecular flexibility index (Phi) is 4.55. The quantitative estimate of drug-likeness (QED) is 0.782. The van der Waals surface area contributed by atoms with Crippen molar-refractivity contribution in [3.63, 3.8) is 0 Å². The molecule has 3 nitrogen and oxygen atoms in total. The fraction of sp³-hybridized carbons (Fsp3) is 0.824. The van der Waals surface area contributed by atoms with Crippen molar-refractivity contribution in [1.82, 2.24) is 10.3 Å². The highest BCUT2D eigenvalue weighted by atomic mass is 32.1. The van der Waals surface area contributed by atoms with Crippen LogP contribution in [0.5, 0.6) is 0 Å². The van der Waals surface area contributed by atoms with Crippen LogP contribution in [0.2, 0.25) is 0 Å². The molecule has 4 heteroatoms. The van der Waals surface area contributed by atoms with Crippen molar-refractivity contribution >= 4 is 16.5 Å². The van der Waals surface area contributed by atoms with Crippen molar-refractivity contribution in [3.05, 3.63) is 10.6 Å². The Hall–Kier alpha value is -0.610. The molecule has 0 spiro atoms. The molecule has 0 bridgehead atoms. The minimum Gasteiger partial charge on any atom is -0.348 e. The number of nitrogens with one attached hydrogen (secondary N) is 1. The second-order valence-corrected chi connectivity index (χ2v) is 8.39. The number of thiazole rings is 1. The third-order valence-corrected chi connectivity index (χ3v) is 5.75. The number of nitrogens with zero attached hydrogens (tertiary/aromatic N) is 2. The van der Waals surface area contributed by atoms with Crippen molar-refractivity contribution in [1.29, 1.82) is 0 Å². The molecule has 21 heavy (non-hydrogen) atoms. The molecule has 2 fully saturated rings. The highest BCUT2D eigenvalue weighted by Gasteiger charge is 2.31. The van der Waals surface area contributed by atoms with Crippen LogP contribution in [0.15, 0.2) is 0 Å². The van der Waals surface area contributed by atoms with E-state index in [0.717, 1.165) is 24.4 Å². The molecule has 1 unspecified atom stereocenters. The summed E-state index contributed by atoms with van der Waals surface area (Å²) in [5, 5.41) is 4.88. The smallest absolute Gasteiger partial charge is 0.185 e. The summed E-state index contributed by atoms with van der Waals surface area (Å²) < 4.78 is 0. The van der Waals surface area contributed by atoms with Crippen LogP contribution in [0.25, 0.3) is 0 Å². The van der Waals surface area contributed by atoms with Gasteiger partial charge in [0.25, 0.3) is 0 Å².